The number of halogens is 1. The third-order valence-electron chi connectivity index (χ3n) is 4.51. The zero-order valence-corrected chi connectivity index (χ0v) is 18.6. The Kier molecular flexibility index (Phi) is 7.59. The number of aryl methyl sites for hydroxylation is 1. The van der Waals surface area contributed by atoms with E-state index >= 15 is 0 Å². The van der Waals surface area contributed by atoms with Crippen LogP contribution >= 0.6 is 23.4 Å². The molecule has 0 radical (unpaired) electrons. The number of nitrogens with one attached hydrogen (secondary N) is 1. The van der Waals surface area contributed by atoms with Gasteiger partial charge in [0.25, 0.3) is 5.69 Å². The van der Waals surface area contributed by atoms with E-state index < -0.39 is 10.2 Å². The van der Waals surface area contributed by atoms with Gasteiger partial charge in [-0.1, -0.05) is 48.8 Å². The molecular weight excluding hydrogens is 440 g/mol. The van der Waals surface area contributed by atoms with E-state index in [0.29, 0.717) is 5.16 Å². The first-order valence-corrected chi connectivity index (χ1v) is 10.9. The minimum absolute atomic E-state index is 0.161. The summed E-state index contributed by atoms with van der Waals surface area (Å²) in [6.45, 7) is 3.85. The summed E-state index contributed by atoms with van der Waals surface area (Å²) in [7, 11) is 0. The van der Waals surface area contributed by atoms with Crippen LogP contribution in [0.25, 0.3) is 5.69 Å². The van der Waals surface area contributed by atoms with Gasteiger partial charge >= 0.3 is 0 Å². The van der Waals surface area contributed by atoms with Crippen molar-refractivity contribution in [3.05, 3.63) is 63.2 Å². The quantitative estimate of drug-likeness (QED) is 0.280. The van der Waals surface area contributed by atoms with Crippen LogP contribution in [0.5, 0.6) is 0 Å². The maximum absolute atomic E-state index is 12.6. The minimum atomic E-state index is -0.580. The monoisotopic (exact) mass is 460 g/mol. The van der Waals surface area contributed by atoms with Crippen molar-refractivity contribution < 1.29 is 9.72 Å². The molecule has 3 aromatic rings. The van der Waals surface area contributed by atoms with Gasteiger partial charge in [-0.3, -0.25) is 14.9 Å². The smallest absolute Gasteiger partial charge is 0.271 e. The Morgan fingerprint density at radius 1 is 1.29 bits per heavy atom. The van der Waals surface area contributed by atoms with Crippen LogP contribution in [-0.4, -0.2) is 36.3 Å². The second-order valence-electron chi connectivity index (χ2n) is 6.81. The van der Waals surface area contributed by atoms with Gasteiger partial charge in [-0.05, 0) is 54.0 Å². The van der Waals surface area contributed by atoms with E-state index in [-0.39, 0.29) is 22.3 Å². The van der Waals surface area contributed by atoms with Gasteiger partial charge in [0.1, 0.15) is 0 Å². The zero-order valence-electron chi connectivity index (χ0n) is 17.0. The fraction of sp³-hybridized carbons (Fsp3) is 0.300. The van der Waals surface area contributed by atoms with Gasteiger partial charge in [0.05, 0.1) is 26.6 Å². The maximum atomic E-state index is 12.6. The number of rotatable bonds is 9. The summed E-state index contributed by atoms with van der Waals surface area (Å²) in [5.74, 6) is -0.378. The number of nitro benzene ring substituents is 1. The molecule has 162 valence electrons. The molecule has 1 aromatic heterocycles. The lowest BCUT2D eigenvalue weighted by molar-refractivity contribution is -0.384. The lowest BCUT2D eigenvalue weighted by Gasteiger charge is -2.12. The summed E-state index contributed by atoms with van der Waals surface area (Å²) in [6.07, 6.45) is 3.29. The molecule has 0 aliphatic rings. The number of hydrogen-bond acceptors (Lipinski definition) is 7. The van der Waals surface area contributed by atoms with Crippen LogP contribution in [0.15, 0.2) is 47.6 Å². The molecule has 1 N–H and O–H groups in total. The van der Waals surface area contributed by atoms with Crippen molar-refractivity contribution in [1.82, 2.24) is 20.2 Å². The summed E-state index contributed by atoms with van der Waals surface area (Å²) >= 11 is 7.23. The van der Waals surface area contributed by atoms with E-state index in [1.54, 1.807) is 11.6 Å². The van der Waals surface area contributed by atoms with Crippen molar-refractivity contribution in [3.63, 3.8) is 0 Å². The first kappa shape index (κ1) is 22.7. The highest BCUT2D eigenvalue weighted by molar-refractivity contribution is 8.00. The summed E-state index contributed by atoms with van der Waals surface area (Å²) in [4.78, 5) is 23.0. The normalized spacial score (nSPS) is 11.8. The average Bonchev–Trinajstić information content (AvgIpc) is 3.22. The van der Waals surface area contributed by atoms with Crippen LogP contribution in [0.1, 0.15) is 32.3 Å². The molecule has 1 unspecified atom stereocenters. The Bertz CT molecular complexity index is 1070. The van der Waals surface area contributed by atoms with Crippen molar-refractivity contribution in [1.29, 1.82) is 0 Å². The molecule has 0 bridgehead atoms. The SMILES string of the molecule is CCCCc1ccc(-n2nnnc2SC(C)C(=O)Nc2cc([N+](=O)[O-])ccc2Cl)cc1. The zero-order chi connectivity index (χ0) is 22.4. The number of anilines is 1. The molecule has 1 atom stereocenters. The number of carbonyl (C=O) groups excluding carboxylic acids is 1. The Morgan fingerprint density at radius 2 is 2.03 bits per heavy atom. The van der Waals surface area contributed by atoms with Crippen molar-refractivity contribution in [2.24, 2.45) is 0 Å². The molecule has 9 nitrogen and oxygen atoms in total. The van der Waals surface area contributed by atoms with Crippen LogP contribution in [0.3, 0.4) is 0 Å². The number of tetrazole rings is 1. The number of unbranched alkanes of at least 4 members (excludes halogenated alkanes) is 1. The van der Waals surface area contributed by atoms with E-state index in [1.165, 1.54) is 35.5 Å². The van der Waals surface area contributed by atoms with Crippen LogP contribution in [0.2, 0.25) is 5.02 Å². The highest BCUT2D eigenvalue weighted by Gasteiger charge is 2.21. The summed E-state index contributed by atoms with van der Waals surface area (Å²) < 4.78 is 1.57. The molecule has 0 aliphatic carbocycles. The average molecular weight is 461 g/mol. The number of non-ortho nitro benzene ring substituents is 1. The Hall–Kier alpha value is -2.98. The van der Waals surface area contributed by atoms with Crippen molar-refractivity contribution in [3.8, 4) is 5.69 Å². The second kappa shape index (κ2) is 10.4. The number of nitrogens with zero attached hydrogens (tertiary/aromatic N) is 5. The Labute approximate surface area is 188 Å². The molecule has 31 heavy (non-hydrogen) atoms. The Morgan fingerprint density at radius 3 is 2.71 bits per heavy atom. The number of nitro groups is 1. The van der Waals surface area contributed by atoms with Crippen molar-refractivity contribution in [2.75, 3.05) is 5.32 Å². The number of thioether (sulfide) groups is 1. The predicted molar refractivity (Wildman–Crippen MR) is 120 cm³/mol. The molecule has 1 amide bonds. The second-order valence-corrected chi connectivity index (χ2v) is 8.53. The predicted octanol–water partition coefficient (Wildman–Crippen LogP) is 4.69. The molecule has 11 heteroatoms. The molecule has 0 aliphatic heterocycles. The first-order valence-electron chi connectivity index (χ1n) is 9.68. The third kappa shape index (κ3) is 5.80. The van der Waals surface area contributed by atoms with Gasteiger partial charge < -0.3 is 5.32 Å². The van der Waals surface area contributed by atoms with Gasteiger partial charge in [-0.15, -0.1) is 5.10 Å². The van der Waals surface area contributed by atoms with E-state index in [9.17, 15) is 14.9 Å². The lowest BCUT2D eigenvalue weighted by atomic mass is 10.1. The molecular formula is C20H21ClN6O3S. The van der Waals surface area contributed by atoms with E-state index in [2.05, 4.69) is 27.8 Å². The number of carbonyl (C=O) groups is 1. The molecule has 0 fully saturated rings. The summed E-state index contributed by atoms with van der Waals surface area (Å²) in [5, 5.41) is 25.4. The van der Waals surface area contributed by atoms with E-state index in [0.717, 1.165) is 24.9 Å². The molecule has 3 rings (SSSR count). The van der Waals surface area contributed by atoms with Crippen LogP contribution in [0, 0.1) is 10.1 Å². The maximum Gasteiger partial charge on any atom is 0.271 e. The molecule has 0 saturated heterocycles. The number of aromatic nitrogens is 4. The van der Waals surface area contributed by atoms with Crippen molar-refractivity contribution in [2.45, 2.75) is 43.5 Å². The number of benzene rings is 2. The van der Waals surface area contributed by atoms with Gasteiger partial charge in [0, 0.05) is 12.1 Å². The molecule has 0 spiro atoms. The summed E-state index contributed by atoms with van der Waals surface area (Å²) in [5.41, 5.74) is 2.05. The fourth-order valence-electron chi connectivity index (χ4n) is 2.77. The third-order valence-corrected chi connectivity index (χ3v) is 5.87. The van der Waals surface area contributed by atoms with Gasteiger partial charge in [0.15, 0.2) is 0 Å². The van der Waals surface area contributed by atoms with E-state index in [4.69, 9.17) is 11.6 Å². The largest absolute Gasteiger partial charge is 0.324 e. The first-order chi connectivity index (χ1) is 14.9. The van der Waals surface area contributed by atoms with E-state index in [1.807, 2.05) is 24.3 Å². The van der Waals surface area contributed by atoms with Crippen LogP contribution < -0.4 is 5.32 Å². The highest BCUT2D eigenvalue weighted by atomic mass is 35.5. The van der Waals surface area contributed by atoms with Gasteiger partial charge in [-0.25, -0.2) is 0 Å². The highest BCUT2D eigenvalue weighted by Crippen LogP contribution is 2.29. The summed E-state index contributed by atoms with van der Waals surface area (Å²) in [6, 6.07) is 11.8. The topological polar surface area (TPSA) is 116 Å². The van der Waals surface area contributed by atoms with Crippen LogP contribution in [-0.2, 0) is 11.2 Å². The number of amides is 1. The van der Waals surface area contributed by atoms with Crippen LogP contribution in [0.4, 0.5) is 11.4 Å². The standard InChI is InChI=1S/C20H21ClN6O3S/c1-3-4-5-14-6-8-15(9-7-14)26-20(23-24-25-26)31-13(2)19(28)22-18-12-16(27(29)30)10-11-17(18)21/h6-13H,3-5H2,1-2H3,(H,22,28). The Balaban J connectivity index is 1.70. The molecule has 0 saturated carbocycles. The van der Waals surface area contributed by atoms with Gasteiger partial charge in [0.2, 0.25) is 11.1 Å². The van der Waals surface area contributed by atoms with Gasteiger partial charge in [-0.2, -0.15) is 4.68 Å². The number of hydrogen-bond donors (Lipinski definition) is 1. The fourth-order valence-corrected chi connectivity index (χ4v) is 3.74. The molecule has 1 heterocycles. The molecule has 2 aromatic carbocycles. The van der Waals surface area contributed by atoms with Crippen molar-refractivity contribution >= 4 is 40.6 Å². The minimum Gasteiger partial charge on any atom is -0.324 e. The lowest BCUT2D eigenvalue weighted by Crippen LogP contribution is -2.23.